The lowest BCUT2D eigenvalue weighted by Gasteiger charge is -2.27. The zero-order valence-corrected chi connectivity index (χ0v) is 15.6. The molecule has 142 valence electrons. The van der Waals surface area contributed by atoms with Crippen LogP contribution in [0.1, 0.15) is 33.2 Å². The highest BCUT2D eigenvalue weighted by Gasteiger charge is 2.20. The van der Waals surface area contributed by atoms with Crippen molar-refractivity contribution in [3.05, 3.63) is 65.0 Å². The molecule has 3 rings (SSSR count). The lowest BCUT2D eigenvalue weighted by atomic mass is 10.1. The number of anilines is 1. The number of nitrogens with zero attached hydrogens (tertiary/aromatic N) is 2. The summed E-state index contributed by atoms with van der Waals surface area (Å²) in [4.78, 5) is 28.7. The van der Waals surface area contributed by atoms with Crippen molar-refractivity contribution in [2.75, 3.05) is 37.7 Å². The van der Waals surface area contributed by atoms with Crippen LogP contribution < -0.4 is 4.90 Å². The number of morpholine rings is 1. The third-order valence-corrected chi connectivity index (χ3v) is 4.69. The Morgan fingerprint density at radius 2 is 1.70 bits per heavy atom. The normalized spacial score (nSPS) is 14.1. The maximum absolute atomic E-state index is 13.5. The number of amides is 2. The van der Waals surface area contributed by atoms with Crippen LogP contribution in [-0.2, 0) is 4.74 Å². The molecule has 2 aromatic carbocycles. The average Bonchev–Trinajstić information content (AvgIpc) is 2.71. The largest absolute Gasteiger partial charge is 0.378 e. The van der Waals surface area contributed by atoms with Gasteiger partial charge in [0, 0.05) is 36.4 Å². The first kappa shape index (κ1) is 19.0. The van der Waals surface area contributed by atoms with Gasteiger partial charge in [-0.15, -0.1) is 0 Å². The molecular weight excluding hydrogens is 347 g/mol. The summed E-state index contributed by atoms with van der Waals surface area (Å²) in [5.41, 5.74) is 2.17. The summed E-state index contributed by atoms with van der Waals surface area (Å²) in [6.45, 7) is 6.24. The van der Waals surface area contributed by atoms with E-state index in [1.54, 1.807) is 53.1 Å². The van der Waals surface area contributed by atoms with E-state index in [0.717, 1.165) is 0 Å². The van der Waals surface area contributed by atoms with Gasteiger partial charge in [0.2, 0.25) is 0 Å². The highest BCUT2D eigenvalue weighted by Crippen LogP contribution is 2.21. The predicted molar refractivity (Wildman–Crippen MR) is 102 cm³/mol. The van der Waals surface area contributed by atoms with Gasteiger partial charge in [-0.2, -0.15) is 0 Å². The topological polar surface area (TPSA) is 49.9 Å². The molecule has 1 aliphatic heterocycles. The Bertz CT molecular complexity index is 830. The van der Waals surface area contributed by atoms with Crippen LogP contribution in [0.5, 0.6) is 0 Å². The van der Waals surface area contributed by atoms with Crippen molar-refractivity contribution in [2.45, 2.75) is 13.8 Å². The van der Waals surface area contributed by atoms with Crippen molar-refractivity contribution in [1.29, 1.82) is 0 Å². The molecule has 0 aliphatic carbocycles. The molecule has 2 aromatic rings. The van der Waals surface area contributed by atoms with E-state index in [1.165, 1.54) is 6.07 Å². The molecule has 0 N–H and O–H groups in total. The fourth-order valence-electron chi connectivity index (χ4n) is 3.10. The molecule has 1 saturated heterocycles. The summed E-state index contributed by atoms with van der Waals surface area (Å²) in [7, 11) is 0. The Morgan fingerprint density at radius 3 is 2.30 bits per heavy atom. The van der Waals surface area contributed by atoms with Crippen LogP contribution in [0.3, 0.4) is 0 Å². The molecule has 0 atom stereocenters. The van der Waals surface area contributed by atoms with Gasteiger partial charge in [-0.1, -0.05) is 0 Å². The van der Waals surface area contributed by atoms with Gasteiger partial charge < -0.3 is 14.5 Å². The number of hydrogen-bond donors (Lipinski definition) is 0. The number of halogens is 1. The fraction of sp³-hybridized carbons (Fsp3) is 0.333. The molecule has 0 unspecified atom stereocenters. The van der Waals surface area contributed by atoms with Gasteiger partial charge in [0.05, 0.1) is 13.2 Å². The van der Waals surface area contributed by atoms with Gasteiger partial charge in [-0.3, -0.25) is 9.59 Å². The van der Waals surface area contributed by atoms with E-state index in [4.69, 9.17) is 4.74 Å². The Morgan fingerprint density at radius 1 is 1.07 bits per heavy atom. The minimum Gasteiger partial charge on any atom is -0.378 e. The SMILES string of the molecule is CCN(C(=O)c1ccc(C(=O)N2CCOCC2)cc1)c1ccc(F)c(C)c1. The van der Waals surface area contributed by atoms with E-state index in [9.17, 15) is 14.0 Å². The summed E-state index contributed by atoms with van der Waals surface area (Å²) in [6, 6.07) is 11.3. The molecular formula is C21H23FN2O3. The summed E-state index contributed by atoms with van der Waals surface area (Å²) in [5.74, 6) is -0.541. The zero-order chi connectivity index (χ0) is 19.4. The van der Waals surface area contributed by atoms with Gasteiger partial charge in [0.15, 0.2) is 0 Å². The van der Waals surface area contributed by atoms with Crippen LogP contribution in [0, 0.1) is 12.7 Å². The maximum Gasteiger partial charge on any atom is 0.258 e. The van der Waals surface area contributed by atoms with Crippen LogP contribution in [0.4, 0.5) is 10.1 Å². The van der Waals surface area contributed by atoms with Crippen molar-refractivity contribution in [3.8, 4) is 0 Å². The molecule has 0 aromatic heterocycles. The van der Waals surface area contributed by atoms with E-state index in [-0.39, 0.29) is 17.6 Å². The molecule has 0 saturated carbocycles. The molecule has 0 radical (unpaired) electrons. The molecule has 1 aliphatic rings. The van der Waals surface area contributed by atoms with Gasteiger partial charge in [-0.05, 0) is 61.9 Å². The number of ether oxygens (including phenoxy) is 1. The first-order valence-corrected chi connectivity index (χ1v) is 9.06. The number of benzene rings is 2. The van der Waals surface area contributed by atoms with E-state index < -0.39 is 0 Å². The molecule has 2 amide bonds. The molecule has 1 fully saturated rings. The van der Waals surface area contributed by atoms with Crippen LogP contribution in [0.15, 0.2) is 42.5 Å². The van der Waals surface area contributed by atoms with Crippen molar-refractivity contribution in [1.82, 2.24) is 4.90 Å². The van der Waals surface area contributed by atoms with Gasteiger partial charge in [-0.25, -0.2) is 4.39 Å². The first-order valence-electron chi connectivity index (χ1n) is 9.06. The number of rotatable bonds is 4. The van der Waals surface area contributed by atoms with Crippen LogP contribution in [-0.4, -0.2) is 49.6 Å². The molecule has 0 bridgehead atoms. The summed E-state index contributed by atoms with van der Waals surface area (Å²) >= 11 is 0. The van der Waals surface area contributed by atoms with Crippen LogP contribution in [0.25, 0.3) is 0 Å². The Hall–Kier alpha value is -2.73. The lowest BCUT2D eigenvalue weighted by Crippen LogP contribution is -2.40. The third-order valence-electron chi connectivity index (χ3n) is 4.69. The monoisotopic (exact) mass is 370 g/mol. The predicted octanol–water partition coefficient (Wildman–Crippen LogP) is 3.27. The first-order chi connectivity index (χ1) is 13.0. The van der Waals surface area contributed by atoms with Gasteiger partial charge in [0.1, 0.15) is 5.82 Å². The second-order valence-electron chi connectivity index (χ2n) is 6.46. The third kappa shape index (κ3) is 4.17. The molecule has 0 spiro atoms. The standard InChI is InChI=1S/C21H23FN2O3/c1-3-24(18-8-9-19(22)15(2)14-18)21(26)17-6-4-16(5-7-17)20(25)23-10-12-27-13-11-23/h4-9,14H,3,10-13H2,1-2H3. The Labute approximate surface area is 158 Å². The molecule has 1 heterocycles. The van der Waals surface area contributed by atoms with E-state index in [2.05, 4.69) is 0 Å². The second kappa shape index (κ2) is 8.31. The minimum absolute atomic E-state index is 0.0567. The smallest absolute Gasteiger partial charge is 0.258 e. The number of carbonyl (C=O) groups is 2. The lowest BCUT2D eigenvalue weighted by molar-refractivity contribution is 0.0303. The van der Waals surface area contributed by atoms with Gasteiger partial charge >= 0.3 is 0 Å². The average molecular weight is 370 g/mol. The van der Waals surface area contributed by atoms with Crippen molar-refractivity contribution in [3.63, 3.8) is 0 Å². The summed E-state index contributed by atoms with van der Waals surface area (Å²) in [6.07, 6.45) is 0. The van der Waals surface area contributed by atoms with E-state index in [1.807, 2.05) is 6.92 Å². The Balaban J connectivity index is 1.77. The quantitative estimate of drug-likeness (QED) is 0.830. The minimum atomic E-state index is -0.298. The fourth-order valence-corrected chi connectivity index (χ4v) is 3.10. The second-order valence-corrected chi connectivity index (χ2v) is 6.46. The zero-order valence-electron chi connectivity index (χ0n) is 15.6. The molecule has 27 heavy (non-hydrogen) atoms. The molecule has 5 nitrogen and oxygen atoms in total. The summed E-state index contributed by atoms with van der Waals surface area (Å²) in [5, 5.41) is 0. The van der Waals surface area contributed by atoms with E-state index >= 15 is 0 Å². The number of carbonyl (C=O) groups excluding carboxylic acids is 2. The maximum atomic E-state index is 13.5. The highest BCUT2D eigenvalue weighted by molar-refractivity contribution is 6.06. The Kier molecular flexibility index (Phi) is 5.86. The molecule has 6 heteroatoms. The van der Waals surface area contributed by atoms with Crippen molar-refractivity contribution in [2.24, 2.45) is 0 Å². The van der Waals surface area contributed by atoms with Crippen molar-refractivity contribution >= 4 is 17.5 Å². The van der Waals surface area contributed by atoms with Crippen LogP contribution >= 0.6 is 0 Å². The number of aryl methyl sites for hydroxylation is 1. The van der Waals surface area contributed by atoms with Crippen molar-refractivity contribution < 1.29 is 18.7 Å². The summed E-state index contributed by atoms with van der Waals surface area (Å²) < 4.78 is 18.8. The highest BCUT2D eigenvalue weighted by atomic mass is 19.1. The number of hydrogen-bond acceptors (Lipinski definition) is 3. The van der Waals surface area contributed by atoms with Crippen LogP contribution in [0.2, 0.25) is 0 Å². The van der Waals surface area contributed by atoms with Gasteiger partial charge in [0.25, 0.3) is 11.8 Å². The van der Waals surface area contributed by atoms with E-state index in [0.29, 0.717) is 55.2 Å².